The molecule has 0 bridgehead atoms. The van der Waals surface area contributed by atoms with Crippen molar-refractivity contribution in [2.75, 3.05) is 6.18 Å². The average Bonchev–Trinajstić information content (AvgIpc) is 2.94. The molecular weight excluding hydrogens is 334 g/mol. The highest BCUT2D eigenvalue weighted by molar-refractivity contribution is 7.90. The molecule has 6 heteroatoms. The lowest BCUT2D eigenvalue weighted by atomic mass is 9.96. The molecule has 0 spiro atoms. The molecule has 1 aliphatic carbocycles. The zero-order valence-corrected chi connectivity index (χ0v) is 13.3. The molecule has 1 unspecified atom stereocenters. The van der Waals surface area contributed by atoms with Crippen molar-refractivity contribution in [3.05, 3.63) is 65.2 Å². The Morgan fingerprint density at radius 3 is 2.29 bits per heavy atom. The van der Waals surface area contributed by atoms with Crippen LogP contribution in [0.4, 0.5) is 8.78 Å². The zero-order chi connectivity index (χ0) is 20.0. The fraction of sp³-hybridized carbons (Fsp3) is 0.222. The van der Waals surface area contributed by atoms with Crippen molar-refractivity contribution in [2.24, 2.45) is 0 Å². The number of rotatable bonds is 3. The Morgan fingerprint density at radius 1 is 1.08 bits per heavy atom. The van der Waals surface area contributed by atoms with Crippen LogP contribution in [0, 0.1) is 11.6 Å². The maximum atomic E-state index is 13.6. The molecule has 2 aromatic rings. The number of allylic oxidation sites excluding steroid dienone is 1. The second-order valence-electron chi connectivity index (χ2n) is 5.63. The molecule has 0 saturated carbocycles. The summed E-state index contributed by atoms with van der Waals surface area (Å²) < 4.78 is 72.5. The normalized spacial score (nSPS) is 20.6. The Kier molecular flexibility index (Phi) is 3.38. The van der Waals surface area contributed by atoms with Crippen molar-refractivity contribution >= 4 is 21.0 Å². The first-order chi connectivity index (χ1) is 12.5. The second-order valence-corrected chi connectivity index (χ2v) is 7.11. The summed E-state index contributed by atoms with van der Waals surface area (Å²) in [6.07, 6.45) is -3.29. The largest absolute Gasteiger partial charge is 0.388 e. The van der Waals surface area contributed by atoms with Crippen molar-refractivity contribution < 1.29 is 26.4 Å². The standard InChI is InChI=1S/C18H16F2O3S/c1-24(22,23)15-4-2-11(3-5-15)16-6-7-17(21)18(16)12-8-13(19)10-14(20)9-12/h2-5,8-10,17,21H,6-7H2,1H3/i1D3. The lowest BCUT2D eigenvalue weighted by Gasteiger charge is -2.12. The molecule has 1 atom stereocenters. The minimum atomic E-state index is -4.47. The summed E-state index contributed by atoms with van der Waals surface area (Å²) in [5.74, 6) is -1.54. The van der Waals surface area contributed by atoms with E-state index in [0.29, 0.717) is 29.6 Å². The third-order valence-corrected chi connectivity index (χ3v) is 4.91. The first kappa shape index (κ1) is 13.3. The Hall–Kier alpha value is -2.05. The Labute approximate surface area is 143 Å². The summed E-state index contributed by atoms with van der Waals surface area (Å²) in [7, 11) is -4.47. The molecule has 24 heavy (non-hydrogen) atoms. The maximum absolute atomic E-state index is 13.6. The van der Waals surface area contributed by atoms with Crippen molar-refractivity contribution in [3.63, 3.8) is 0 Å². The molecule has 0 amide bonds. The van der Waals surface area contributed by atoms with Crippen LogP contribution in [0.15, 0.2) is 47.4 Å². The van der Waals surface area contributed by atoms with Gasteiger partial charge in [-0.2, -0.15) is 0 Å². The topological polar surface area (TPSA) is 54.4 Å². The van der Waals surface area contributed by atoms with E-state index >= 15 is 0 Å². The lowest BCUT2D eigenvalue weighted by Crippen LogP contribution is -2.05. The second kappa shape index (κ2) is 6.11. The van der Waals surface area contributed by atoms with Gasteiger partial charge >= 0.3 is 0 Å². The monoisotopic (exact) mass is 353 g/mol. The predicted octanol–water partition coefficient (Wildman–Crippen LogP) is 3.43. The molecule has 2 aromatic carbocycles. The van der Waals surface area contributed by atoms with Crippen molar-refractivity contribution in [2.45, 2.75) is 23.8 Å². The minimum absolute atomic E-state index is 0.215. The Balaban J connectivity index is 2.07. The molecule has 0 heterocycles. The molecule has 0 fully saturated rings. The number of aliphatic hydroxyl groups is 1. The molecule has 3 nitrogen and oxygen atoms in total. The van der Waals surface area contributed by atoms with Crippen LogP contribution in [0.2, 0.25) is 0 Å². The van der Waals surface area contributed by atoms with Crippen LogP contribution in [-0.2, 0) is 9.84 Å². The first-order valence-corrected chi connectivity index (χ1v) is 8.71. The molecule has 126 valence electrons. The number of hydrogen-bond acceptors (Lipinski definition) is 3. The maximum Gasteiger partial charge on any atom is 0.175 e. The summed E-state index contributed by atoms with van der Waals surface area (Å²) in [6.45, 7) is 0. The quantitative estimate of drug-likeness (QED) is 0.920. The van der Waals surface area contributed by atoms with Crippen LogP contribution in [0.25, 0.3) is 11.1 Å². The molecule has 1 N–H and O–H groups in total. The summed E-state index contributed by atoms with van der Waals surface area (Å²) in [5, 5.41) is 10.3. The van der Waals surface area contributed by atoms with E-state index in [-0.39, 0.29) is 10.5 Å². The first-order valence-electron chi connectivity index (χ1n) is 8.73. The van der Waals surface area contributed by atoms with Gasteiger partial charge in [0, 0.05) is 16.4 Å². The summed E-state index contributed by atoms with van der Waals surface area (Å²) >= 11 is 0. The predicted molar refractivity (Wildman–Crippen MR) is 88.0 cm³/mol. The highest BCUT2D eigenvalue weighted by Gasteiger charge is 2.26. The van der Waals surface area contributed by atoms with Gasteiger partial charge in [0.25, 0.3) is 0 Å². The van der Waals surface area contributed by atoms with E-state index in [1.54, 1.807) is 0 Å². The summed E-state index contributed by atoms with van der Waals surface area (Å²) in [6, 6.07) is 8.21. The molecule has 0 saturated heterocycles. The van der Waals surface area contributed by atoms with Gasteiger partial charge in [0.1, 0.15) is 11.6 Å². The molecule has 1 aliphatic rings. The third-order valence-electron chi connectivity index (χ3n) is 4.01. The van der Waals surface area contributed by atoms with Crippen molar-refractivity contribution in [1.82, 2.24) is 0 Å². The van der Waals surface area contributed by atoms with Gasteiger partial charge in [-0.1, -0.05) is 12.1 Å². The smallest absolute Gasteiger partial charge is 0.175 e. The Morgan fingerprint density at radius 2 is 1.71 bits per heavy atom. The van der Waals surface area contributed by atoms with E-state index in [1.165, 1.54) is 24.3 Å². The van der Waals surface area contributed by atoms with E-state index < -0.39 is 33.8 Å². The van der Waals surface area contributed by atoms with Gasteiger partial charge in [-0.05, 0) is 59.4 Å². The van der Waals surface area contributed by atoms with Crippen LogP contribution < -0.4 is 0 Å². The van der Waals surface area contributed by atoms with E-state index in [9.17, 15) is 22.3 Å². The van der Waals surface area contributed by atoms with Gasteiger partial charge < -0.3 is 5.11 Å². The fourth-order valence-corrected chi connectivity index (χ4v) is 3.47. The Bertz CT molecular complexity index is 993. The van der Waals surface area contributed by atoms with Crippen molar-refractivity contribution in [3.8, 4) is 0 Å². The lowest BCUT2D eigenvalue weighted by molar-refractivity contribution is 0.231. The van der Waals surface area contributed by atoms with Crippen LogP contribution >= 0.6 is 0 Å². The highest BCUT2D eigenvalue weighted by Crippen LogP contribution is 2.40. The van der Waals surface area contributed by atoms with E-state index in [2.05, 4.69) is 0 Å². The van der Waals surface area contributed by atoms with Gasteiger partial charge in [-0.3, -0.25) is 0 Å². The SMILES string of the molecule is [2H]C([2H])([2H])S(=O)(=O)c1ccc(C2=C(c3cc(F)cc(F)c3)C(O)CC2)cc1. The van der Waals surface area contributed by atoms with Gasteiger partial charge in [-0.15, -0.1) is 0 Å². The van der Waals surface area contributed by atoms with E-state index in [0.717, 1.165) is 18.2 Å². The van der Waals surface area contributed by atoms with Gasteiger partial charge in [0.2, 0.25) is 0 Å². The van der Waals surface area contributed by atoms with Gasteiger partial charge in [0.15, 0.2) is 9.84 Å². The summed E-state index contributed by atoms with van der Waals surface area (Å²) in [4.78, 5) is -0.344. The number of sulfone groups is 1. The van der Waals surface area contributed by atoms with Crippen LogP contribution in [-0.4, -0.2) is 25.8 Å². The minimum Gasteiger partial charge on any atom is -0.388 e. The van der Waals surface area contributed by atoms with Crippen LogP contribution in [0.3, 0.4) is 0 Å². The summed E-state index contributed by atoms with van der Waals surface area (Å²) in [5.41, 5.74) is 1.77. The van der Waals surface area contributed by atoms with Gasteiger partial charge in [-0.25, -0.2) is 17.2 Å². The van der Waals surface area contributed by atoms with E-state index in [1.807, 2.05) is 0 Å². The van der Waals surface area contributed by atoms with Crippen LogP contribution in [0.5, 0.6) is 0 Å². The number of halogens is 2. The number of aliphatic hydroxyl groups excluding tert-OH is 1. The van der Waals surface area contributed by atoms with Crippen LogP contribution in [0.1, 0.15) is 28.1 Å². The zero-order valence-electron chi connectivity index (χ0n) is 15.5. The third kappa shape index (κ3) is 3.25. The van der Waals surface area contributed by atoms with Crippen molar-refractivity contribution in [1.29, 1.82) is 0 Å². The average molecular weight is 353 g/mol. The highest BCUT2D eigenvalue weighted by atomic mass is 32.2. The fourth-order valence-electron chi connectivity index (χ4n) is 2.97. The number of hydrogen-bond donors (Lipinski definition) is 1. The number of benzene rings is 2. The molecule has 0 aliphatic heterocycles. The molecule has 3 rings (SSSR count). The molecule has 0 aromatic heterocycles. The van der Waals surface area contributed by atoms with E-state index in [4.69, 9.17) is 4.11 Å². The van der Waals surface area contributed by atoms with Gasteiger partial charge in [0.05, 0.1) is 11.0 Å². The molecule has 0 radical (unpaired) electrons. The molecular formula is C18H16F2O3S.